The first-order valence-electron chi connectivity index (χ1n) is 12.4. The van der Waals surface area contributed by atoms with E-state index in [2.05, 4.69) is 0 Å². The van der Waals surface area contributed by atoms with Crippen molar-refractivity contribution in [1.82, 2.24) is 0 Å². The van der Waals surface area contributed by atoms with Crippen LogP contribution < -0.4 is 15.1 Å². The van der Waals surface area contributed by atoms with Gasteiger partial charge in [-0.15, -0.1) is 0 Å². The molecule has 0 spiro atoms. The van der Waals surface area contributed by atoms with Gasteiger partial charge in [0.1, 0.15) is 11.3 Å². The zero-order valence-electron chi connectivity index (χ0n) is 20.7. The number of nitrogens with zero attached hydrogens (tertiary/aromatic N) is 1. The molecule has 0 saturated heterocycles. The zero-order valence-corrected chi connectivity index (χ0v) is 20.7. The van der Waals surface area contributed by atoms with Crippen molar-refractivity contribution in [2.24, 2.45) is 0 Å². The molecule has 5 rings (SSSR count). The number of anilines is 1. The molecule has 37 heavy (non-hydrogen) atoms. The molecule has 0 radical (unpaired) electrons. The Morgan fingerprint density at radius 2 is 1.68 bits per heavy atom. The molecule has 0 aliphatic carbocycles. The average Bonchev–Trinajstić information content (AvgIpc) is 3.22. The largest absolute Gasteiger partial charge is 0.494 e. The fraction of sp³-hybridized carbons (Fsp3) is 0.233. The highest BCUT2D eigenvalue weighted by Crippen LogP contribution is 2.41. The number of esters is 1. The number of ether oxygens (including phenoxy) is 2. The summed E-state index contributed by atoms with van der Waals surface area (Å²) >= 11 is 0. The van der Waals surface area contributed by atoms with E-state index in [9.17, 15) is 14.4 Å². The molecule has 0 N–H and O–H groups in total. The van der Waals surface area contributed by atoms with E-state index in [-0.39, 0.29) is 16.8 Å². The van der Waals surface area contributed by atoms with Gasteiger partial charge in [0.25, 0.3) is 5.91 Å². The third kappa shape index (κ3) is 4.48. The van der Waals surface area contributed by atoms with Crippen LogP contribution in [0.4, 0.5) is 5.69 Å². The number of hydrogen-bond acceptors (Lipinski definition) is 6. The smallest absolute Gasteiger partial charge is 0.338 e. The molecule has 188 valence electrons. The lowest BCUT2D eigenvalue weighted by Gasteiger charge is -2.25. The SMILES string of the molecule is CCCCOC(=O)c1ccc(N2C(=O)c3oc4ccccc4c(=O)c3C2c2ccc(OCC)cc2)cc1. The summed E-state index contributed by atoms with van der Waals surface area (Å²) in [5.74, 6) is -0.123. The van der Waals surface area contributed by atoms with Crippen LogP contribution in [-0.4, -0.2) is 25.1 Å². The van der Waals surface area contributed by atoms with E-state index in [0.29, 0.717) is 41.2 Å². The van der Waals surface area contributed by atoms with Crippen LogP contribution in [0.25, 0.3) is 11.0 Å². The van der Waals surface area contributed by atoms with Crippen molar-refractivity contribution in [3.63, 3.8) is 0 Å². The molecule has 1 aromatic heterocycles. The van der Waals surface area contributed by atoms with Crippen LogP contribution in [0, 0.1) is 0 Å². The Labute approximate surface area is 214 Å². The van der Waals surface area contributed by atoms with E-state index in [1.54, 1.807) is 48.5 Å². The van der Waals surface area contributed by atoms with Gasteiger partial charge in [-0.05, 0) is 67.4 Å². The van der Waals surface area contributed by atoms with Crippen molar-refractivity contribution in [1.29, 1.82) is 0 Å². The molecule has 1 unspecified atom stereocenters. The van der Waals surface area contributed by atoms with Crippen molar-refractivity contribution in [3.8, 4) is 5.75 Å². The second kappa shape index (κ2) is 10.3. The van der Waals surface area contributed by atoms with Crippen LogP contribution in [-0.2, 0) is 4.74 Å². The third-order valence-corrected chi connectivity index (χ3v) is 6.40. The molecule has 1 amide bonds. The Morgan fingerprint density at radius 3 is 2.38 bits per heavy atom. The van der Waals surface area contributed by atoms with Gasteiger partial charge in [-0.25, -0.2) is 4.79 Å². The minimum Gasteiger partial charge on any atom is -0.494 e. The standard InChI is InChI=1S/C30H27NO6/c1-3-5-18-36-30(34)20-10-14-21(15-11-20)31-26(19-12-16-22(17-13-19)35-4-2)25-27(32)23-8-6-7-9-24(23)37-28(25)29(31)33/h6-17,26H,3-5,18H2,1-2H3. The molecule has 7 heteroatoms. The Bertz CT molecular complexity index is 1500. The summed E-state index contributed by atoms with van der Waals surface area (Å²) in [6.45, 7) is 4.81. The van der Waals surface area contributed by atoms with Gasteiger partial charge in [-0.3, -0.25) is 14.5 Å². The van der Waals surface area contributed by atoms with Gasteiger partial charge < -0.3 is 13.9 Å². The first-order valence-corrected chi connectivity index (χ1v) is 12.4. The highest BCUT2D eigenvalue weighted by atomic mass is 16.5. The molecule has 0 saturated carbocycles. The van der Waals surface area contributed by atoms with Crippen molar-refractivity contribution in [3.05, 3.63) is 105 Å². The summed E-state index contributed by atoms with van der Waals surface area (Å²) in [5, 5.41) is 0.414. The highest BCUT2D eigenvalue weighted by molar-refractivity contribution is 6.10. The maximum atomic E-state index is 13.7. The molecule has 1 atom stereocenters. The predicted molar refractivity (Wildman–Crippen MR) is 140 cm³/mol. The van der Waals surface area contributed by atoms with Crippen molar-refractivity contribution < 1.29 is 23.5 Å². The zero-order chi connectivity index (χ0) is 25.9. The Kier molecular flexibility index (Phi) is 6.77. The third-order valence-electron chi connectivity index (χ3n) is 6.40. The van der Waals surface area contributed by atoms with Gasteiger partial charge in [0.05, 0.1) is 35.8 Å². The van der Waals surface area contributed by atoms with E-state index in [1.165, 1.54) is 4.90 Å². The number of para-hydroxylation sites is 1. The van der Waals surface area contributed by atoms with E-state index in [0.717, 1.165) is 18.4 Å². The lowest BCUT2D eigenvalue weighted by atomic mass is 9.98. The molecule has 3 aromatic carbocycles. The molecule has 0 bridgehead atoms. The average molecular weight is 498 g/mol. The Morgan fingerprint density at radius 1 is 0.946 bits per heavy atom. The Hall–Kier alpha value is -4.39. The van der Waals surface area contributed by atoms with Crippen molar-refractivity contribution in [2.75, 3.05) is 18.1 Å². The summed E-state index contributed by atoms with van der Waals surface area (Å²) < 4.78 is 16.9. The lowest BCUT2D eigenvalue weighted by Crippen LogP contribution is -2.29. The molecule has 2 heterocycles. The summed E-state index contributed by atoms with van der Waals surface area (Å²) in [7, 11) is 0. The van der Waals surface area contributed by atoms with Crippen LogP contribution in [0.15, 0.2) is 82.0 Å². The van der Waals surface area contributed by atoms with Crippen molar-refractivity contribution in [2.45, 2.75) is 32.7 Å². The first-order chi connectivity index (χ1) is 18.0. The van der Waals surface area contributed by atoms with Crippen LogP contribution in [0.5, 0.6) is 5.75 Å². The van der Waals surface area contributed by atoms with E-state index in [4.69, 9.17) is 13.9 Å². The van der Waals surface area contributed by atoms with Crippen LogP contribution in [0.2, 0.25) is 0 Å². The second-order valence-corrected chi connectivity index (χ2v) is 8.79. The molecule has 4 aromatic rings. The number of fused-ring (bicyclic) bond motifs is 2. The van der Waals surface area contributed by atoms with Gasteiger partial charge >= 0.3 is 5.97 Å². The van der Waals surface area contributed by atoms with E-state index < -0.39 is 17.9 Å². The number of benzene rings is 3. The molecule has 1 aliphatic rings. The second-order valence-electron chi connectivity index (χ2n) is 8.79. The molecule has 7 nitrogen and oxygen atoms in total. The van der Waals surface area contributed by atoms with Crippen LogP contribution >= 0.6 is 0 Å². The number of rotatable bonds is 8. The topological polar surface area (TPSA) is 86.0 Å². The summed E-state index contributed by atoms with van der Waals surface area (Å²) in [5.41, 5.74) is 2.06. The molecule has 1 aliphatic heterocycles. The number of carbonyl (C=O) groups is 2. The Balaban J connectivity index is 1.59. The number of unbranched alkanes of at least 4 members (excludes halogenated alkanes) is 1. The normalized spacial score (nSPS) is 14.6. The summed E-state index contributed by atoms with van der Waals surface area (Å²) in [6.07, 6.45) is 1.72. The maximum Gasteiger partial charge on any atom is 0.338 e. The molecule has 0 fully saturated rings. The quantitative estimate of drug-likeness (QED) is 0.223. The maximum absolute atomic E-state index is 13.7. The fourth-order valence-electron chi connectivity index (χ4n) is 4.57. The summed E-state index contributed by atoms with van der Waals surface area (Å²) in [4.78, 5) is 41.3. The monoisotopic (exact) mass is 497 g/mol. The van der Waals surface area contributed by atoms with E-state index >= 15 is 0 Å². The van der Waals surface area contributed by atoms with Gasteiger partial charge in [-0.2, -0.15) is 0 Å². The lowest BCUT2D eigenvalue weighted by molar-refractivity contribution is 0.0499. The van der Waals surface area contributed by atoms with Gasteiger partial charge in [0.15, 0.2) is 5.43 Å². The number of amides is 1. The highest BCUT2D eigenvalue weighted by Gasteiger charge is 2.43. The van der Waals surface area contributed by atoms with Gasteiger partial charge in [0.2, 0.25) is 5.76 Å². The molecular weight excluding hydrogens is 470 g/mol. The fourth-order valence-corrected chi connectivity index (χ4v) is 4.57. The summed E-state index contributed by atoms with van der Waals surface area (Å²) in [6, 6.07) is 20.1. The van der Waals surface area contributed by atoms with Crippen molar-refractivity contribution >= 4 is 28.5 Å². The van der Waals surface area contributed by atoms with Crippen LogP contribution in [0.1, 0.15) is 64.8 Å². The molecular formula is C30H27NO6. The van der Waals surface area contributed by atoms with E-state index in [1.807, 2.05) is 38.1 Å². The minimum atomic E-state index is -0.707. The van der Waals surface area contributed by atoms with Crippen LogP contribution in [0.3, 0.4) is 0 Å². The minimum absolute atomic E-state index is 0.0191. The predicted octanol–water partition coefficient (Wildman–Crippen LogP) is 5.90. The number of hydrogen-bond donors (Lipinski definition) is 0. The first kappa shape index (κ1) is 24.3. The van der Waals surface area contributed by atoms with Gasteiger partial charge in [0, 0.05) is 5.69 Å². The van der Waals surface area contributed by atoms with Gasteiger partial charge in [-0.1, -0.05) is 37.6 Å². The number of carbonyl (C=O) groups excluding carboxylic acids is 2.